The third-order valence-electron chi connectivity index (χ3n) is 4.99. The first kappa shape index (κ1) is 16.6. The molecular formula is C16H33N5. The van der Waals surface area contributed by atoms with Crippen LogP contribution in [-0.2, 0) is 0 Å². The van der Waals surface area contributed by atoms with E-state index < -0.39 is 0 Å². The fourth-order valence-electron chi connectivity index (χ4n) is 3.49. The van der Waals surface area contributed by atoms with E-state index in [2.05, 4.69) is 46.4 Å². The normalized spacial score (nSPS) is 33.0. The Kier molecular flexibility index (Phi) is 6.30. The predicted octanol–water partition coefficient (Wildman–Crippen LogP) is 0.976. The van der Waals surface area contributed by atoms with E-state index in [0.717, 1.165) is 31.5 Å². The molecule has 1 heterocycles. The highest BCUT2D eigenvalue weighted by Crippen LogP contribution is 2.23. The Bertz CT molecular complexity index is 344. The largest absolute Gasteiger partial charge is 0.355 e. The van der Waals surface area contributed by atoms with Gasteiger partial charge in [0.1, 0.15) is 0 Å². The fraction of sp³-hybridized carbons (Fsp3) is 0.938. The topological polar surface area (TPSA) is 42.9 Å². The SMILES string of the molecule is CN=C(NCC1CN(C)CCN1C)NC1CCCC(C)C1. The number of nitrogens with zero attached hydrogens (tertiary/aromatic N) is 3. The van der Waals surface area contributed by atoms with Crippen molar-refractivity contribution in [2.24, 2.45) is 10.9 Å². The maximum absolute atomic E-state index is 4.40. The Hall–Kier alpha value is -0.810. The Morgan fingerprint density at radius 2 is 2.05 bits per heavy atom. The summed E-state index contributed by atoms with van der Waals surface area (Å²) in [6.45, 7) is 6.76. The Morgan fingerprint density at radius 1 is 1.24 bits per heavy atom. The first-order valence-corrected chi connectivity index (χ1v) is 8.44. The van der Waals surface area contributed by atoms with Crippen molar-refractivity contribution in [2.45, 2.75) is 44.7 Å². The lowest BCUT2D eigenvalue weighted by atomic mass is 9.87. The molecule has 122 valence electrons. The number of piperazine rings is 1. The highest BCUT2D eigenvalue weighted by molar-refractivity contribution is 5.80. The van der Waals surface area contributed by atoms with Crippen LogP contribution in [-0.4, -0.2) is 75.2 Å². The van der Waals surface area contributed by atoms with Crippen LogP contribution in [0.3, 0.4) is 0 Å². The molecule has 2 fully saturated rings. The molecule has 1 aliphatic heterocycles. The Morgan fingerprint density at radius 3 is 2.76 bits per heavy atom. The first-order chi connectivity index (χ1) is 10.1. The zero-order valence-corrected chi connectivity index (χ0v) is 14.2. The predicted molar refractivity (Wildman–Crippen MR) is 89.8 cm³/mol. The summed E-state index contributed by atoms with van der Waals surface area (Å²) < 4.78 is 0. The molecule has 21 heavy (non-hydrogen) atoms. The van der Waals surface area contributed by atoms with Crippen molar-refractivity contribution < 1.29 is 0 Å². The van der Waals surface area contributed by atoms with E-state index in [1.807, 2.05) is 7.05 Å². The molecule has 2 rings (SSSR count). The molecule has 5 heteroatoms. The van der Waals surface area contributed by atoms with Crippen LogP contribution in [0.1, 0.15) is 32.6 Å². The average Bonchev–Trinajstić information content (AvgIpc) is 2.46. The molecule has 3 atom stereocenters. The molecule has 3 unspecified atom stereocenters. The molecular weight excluding hydrogens is 262 g/mol. The molecule has 0 radical (unpaired) electrons. The van der Waals surface area contributed by atoms with Gasteiger partial charge in [0.05, 0.1) is 0 Å². The van der Waals surface area contributed by atoms with E-state index in [4.69, 9.17) is 0 Å². The Balaban J connectivity index is 1.77. The third-order valence-corrected chi connectivity index (χ3v) is 4.99. The van der Waals surface area contributed by atoms with Crippen LogP contribution in [0.25, 0.3) is 0 Å². The van der Waals surface area contributed by atoms with Crippen molar-refractivity contribution in [3.63, 3.8) is 0 Å². The molecule has 2 aliphatic rings. The van der Waals surface area contributed by atoms with Crippen molar-refractivity contribution in [2.75, 3.05) is 47.3 Å². The van der Waals surface area contributed by atoms with E-state index in [-0.39, 0.29) is 0 Å². The van der Waals surface area contributed by atoms with Crippen LogP contribution >= 0.6 is 0 Å². The standard InChI is InChI=1S/C16H33N5/c1-13-6-5-7-14(10-13)19-16(17-2)18-11-15-12-20(3)8-9-21(15)4/h13-15H,5-12H2,1-4H3,(H2,17,18,19). The minimum Gasteiger partial charge on any atom is -0.355 e. The monoisotopic (exact) mass is 295 g/mol. The number of hydrogen-bond donors (Lipinski definition) is 2. The van der Waals surface area contributed by atoms with Crippen LogP contribution in [0.15, 0.2) is 4.99 Å². The molecule has 0 aromatic carbocycles. The summed E-state index contributed by atoms with van der Waals surface area (Å²) in [7, 11) is 6.30. The fourth-order valence-corrected chi connectivity index (χ4v) is 3.49. The lowest BCUT2D eigenvalue weighted by molar-refractivity contribution is 0.116. The highest BCUT2D eigenvalue weighted by Gasteiger charge is 2.23. The molecule has 0 bridgehead atoms. The van der Waals surface area contributed by atoms with Gasteiger partial charge in [0, 0.05) is 45.3 Å². The van der Waals surface area contributed by atoms with Gasteiger partial charge in [-0.25, -0.2) is 0 Å². The molecule has 5 nitrogen and oxygen atoms in total. The van der Waals surface area contributed by atoms with Gasteiger partial charge in [-0.3, -0.25) is 9.89 Å². The van der Waals surface area contributed by atoms with Crippen LogP contribution in [0, 0.1) is 5.92 Å². The number of likely N-dealkylation sites (N-methyl/N-ethyl adjacent to an activating group) is 2. The maximum atomic E-state index is 4.40. The quantitative estimate of drug-likeness (QED) is 0.602. The summed E-state index contributed by atoms with van der Waals surface area (Å²) in [6, 6.07) is 1.15. The van der Waals surface area contributed by atoms with Crippen LogP contribution in [0.4, 0.5) is 0 Å². The Labute approximate surface area is 130 Å². The molecule has 2 N–H and O–H groups in total. The van der Waals surface area contributed by atoms with E-state index in [1.54, 1.807) is 0 Å². The van der Waals surface area contributed by atoms with Gasteiger partial charge in [0.25, 0.3) is 0 Å². The van der Waals surface area contributed by atoms with E-state index >= 15 is 0 Å². The molecule has 0 spiro atoms. The highest BCUT2D eigenvalue weighted by atomic mass is 15.3. The van der Waals surface area contributed by atoms with Crippen molar-refractivity contribution in [1.29, 1.82) is 0 Å². The minimum absolute atomic E-state index is 0.563. The summed E-state index contributed by atoms with van der Waals surface area (Å²) in [4.78, 5) is 9.25. The zero-order chi connectivity index (χ0) is 15.2. The van der Waals surface area contributed by atoms with Crippen LogP contribution in [0.2, 0.25) is 0 Å². The molecule has 1 saturated heterocycles. The minimum atomic E-state index is 0.563. The third kappa shape index (κ3) is 5.15. The van der Waals surface area contributed by atoms with Gasteiger partial charge in [0.2, 0.25) is 0 Å². The van der Waals surface area contributed by atoms with Crippen molar-refractivity contribution in [3.8, 4) is 0 Å². The molecule has 0 aromatic rings. The van der Waals surface area contributed by atoms with Gasteiger partial charge in [0.15, 0.2) is 5.96 Å². The van der Waals surface area contributed by atoms with E-state index in [9.17, 15) is 0 Å². The van der Waals surface area contributed by atoms with Gasteiger partial charge in [-0.2, -0.15) is 0 Å². The van der Waals surface area contributed by atoms with Crippen molar-refractivity contribution >= 4 is 5.96 Å². The summed E-state index contributed by atoms with van der Waals surface area (Å²) in [6.07, 6.45) is 5.26. The molecule has 0 aromatic heterocycles. The maximum Gasteiger partial charge on any atom is 0.191 e. The summed E-state index contributed by atoms with van der Waals surface area (Å²) in [5.74, 6) is 1.81. The number of nitrogens with one attached hydrogen (secondary N) is 2. The average molecular weight is 295 g/mol. The van der Waals surface area contributed by atoms with Crippen LogP contribution < -0.4 is 10.6 Å². The second kappa shape index (κ2) is 7.99. The summed E-state index contributed by atoms with van der Waals surface area (Å²) in [5.41, 5.74) is 0. The molecule has 1 saturated carbocycles. The number of hydrogen-bond acceptors (Lipinski definition) is 3. The second-order valence-electron chi connectivity index (χ2n) is 6.96. The zero-order valence-electron chi connectivity index (χ0n) is 14.2. The van der Waals surface area contributed by atoms with Crippen LogP contribution in [0.5, 0.6) is 0 Å². The van der Waals surface area contributed by atoms with E-state index in [1.165, 1.54) is 32.2 Å². The second-order valence-corrected chi connectivity index (χ2v) is 6.96. The molecule has 1 aliphatic carbocycles. The lowest BCUT2D eigenvalue weighted by Crippen LogP contribution is -2.56. The smallest absolute Gasteiger partial charge is 0.191 e. The summed E-state index contributed by atoms with van der Waals surface area (Å²) in [5, 5.41) is 7.13. The molecule has 0 amide bonds. The lowest BCUT2D eigenvalue weighted by Gasteiger charge is -2.38. The van der Waals surface area contributed by atoms with Gasteiger partial charge in [-0.15, -0.1) is 0 Å². The first-order valence-electron chi connectivity index (χ1n) is 8.44. The summed E-state index contributed by atoms with van der Waals surface area (Å²) >= 11 is 0. The van der Waals surface area contributed by atoms with E-state index in [0.29, 0.717) is 12.1 Å². The number of guanidine groups is 1. The number of rotatable bonds is 3. The van der Waals surface area contributed by atoms with Gasteiger partial charge in [-0.05, 0) is 32.9 Å². The van der Waals surface area contributed by atoms with Crippen molar-refractivity contribution in [3.05, 3.63) is 0 Å². The van der Waals surface area contributed by atoms with Crippen molar-refractivity contribution in [1.82, 2.24) is 20.4 Å². The van der Waals surface area contributed by atoms with Gasteiger partial charge >= 0.3 is 0 Å². The van der Waals surface area contributed by atoms with Gasteiger partial charge < -0.3 is 15.5 Å². The van der Waals surface area contributed by atoms with Gasteiger partial charge in [-0.1, -0.05) is 19.8 Å². The number of aliphatic imine (C=N–C) groups is 1.